The fourth-order valence-electron chi connectivity index (χ4n) is 2.91. The summed E-state index contributed by atoms with van der Waals surface area (Å²) in [6.45, 7) is 1.24. The lowest BCUT2D eigenvalue weighted by atomic mass is 10.1. The highest BCUT2D eigenvalue weighted by molar-refractivity contribution is 9.10. The first-order valence-corrected chi connectivity index (χ1v) is 8.86. The maximum Gasteiger partial charge on any atom is 0.150 e. The van der Waals surface area contributed by atoms with E-state index in [4.69, 9.17) is 21.9 Å². The standard InChI is InChI=1S/C15H17BrClN5O/c16-15-10(4-3-6-19-21-18)12(17)8-13-11(15)9-20-22(13)14-5-1-2-7-23-14/h8-9,14H,1-7H2. The first-order valence-electron chi connectivity index (χ1n) is 7.69. The summed E-state index contributed by atoms with van der Waals surface area (Å²) in [6.07, 6.45) is 6.58. The molecule has 122 valence electrons. The molecule has 0 aliphatic carbocycles. The van der Waals surface area contributed by atoms with Crippen molar-refractivity contribution in [3.8, 4) is 0 Å². The molecule has 8 heteroatoms. The van der Waals surface area contributed by atoms with E-state index < -0.39 is 0 Å². The van der Waals surface area contributed by atoms with Crippen molar-refractivity contribution in [3.05, 3.63) is 37.8 Å². The molecule has 1 aliphatic rings. The number of nitrogens with zero attached hydrogens (tertiary/aromatic N) is 5. The van der Waals surface area contributed by atoms with Gasteiger partial charge in [-0.1, -0.05) is 16.7 Å². The van der Waals surface area contributed by atoms with Crippen LogP contribution < -0.4 is 0 Å². The Morgan fingerprint density at radius 3 is 3.13 bits per heavy atom. The highest BCUT2D eigenvalue weighted by Crippen LogP contribution is 2.36. The molecule has 3 rings (SSSR count). The number of rotatable bonds is 5. The zero-order valence-corrected chi connectivity index (χ0v) is 14.9. The highest BCUT2D eigenvalue weighted by atomic mass is 79.9. The molecule has 2 heterocycles. The third-order valence-electron chi connectivity index (χ3n) is 4.06. The Labute approximate surface area is 147 Å². The Morgan fingerprint density at radius 1 is 1.52 bits per heavy atom. The van der Waals surface area contributed by atoms with Crippen LogP contribution in [-0.2, 0) is 11.2 Å². The van der Waals surface area contributed by atoms with E-state index in [0.717, 1.165) is 59.7 Å². The van der Waals surface area contributed by atoms with Gasteiger partial charge in [-0.3, -0.25) is 0 Å². The molecule has 1 aromatic carbocycles. The lowest BCUT2D eigenvalue weighted by Crippen LogP contribution is -2.18. The fourth-order valence-corrected chi connectivity index (χ4v) is 4.03. The normalized spacial score (nSPS) is 18.1. The van der Waals surface area contributed by atoms with Crippen LogP contribution in [0.25, 0.3) is 21.3 Å². The van der Waals surface area contributed by atoms with Gasteiger partial charge >= 0.3 is 0 Å². The molecule has 1 atom stereocenters. The molecule has 1 saturated heterocycles. The van der Waals surface area contributed by atoms with E-state index >= 15 is 0 Å². The molecule has 0 N–H and O–H groups in total. The molecular weight excluding hydrogens is 382 g/mol. The van der Waals surface area contributed by atoms with Gasteiger partial charge in [0.2, 0.25) is 0 Å². The molecule has 0 saturated carbocycles. The SMILES string of the molecule is [N-]=[N+]=NCCCc1c(Cl)cc2c(cnn2C2CCCCO2)c1Br. The van der Waals surface area contributed by atoms with Gasteiger partial charge in [-0.15, -0.1) is 0 Å². The third kappa shape index (κ3) is 3.48. The van der Waals surface area contributed by atoms with E-state index in [1.165, 1.54) is 0 Å². The summed E-state index contributed by atoms with van der Waals surface area (Å²) < 4.78 is 8.71. The summed E-state index contributed by atoms with van der Waals surface area (Å²) in [6, 6.07) is 1.95. The average Bonchev–Trinajstić information content (AvgIpc) is 2.98. The minimum Gasteiger partial charge on any atom is -0.356 e. The third-order valence-corrected chi connectivity index (χ3v) is 5.31. The van der Waals surface area contributed by atoms with Crippen LogP contribution >= 0.6 is 27.5 Å². The van der Waals surface area contributed by atoms with Crippen molar-refractivity contribution in [1.29, 1.82) is 0 Å². The number of benzene rings is 1. The van der Waals surface area contributed by atoms with Crippen LogP contribution in [0.3, 0.4) is 0 Å². The number of aromatic nitrogens is 2. The van der Waals surface area contributed by atoms with Crippen molar-refractivity contribution in [3.63, 3.8) is 0 Å². The number of ether oxygens (including phenoxy) is 1. The maximum absolute atomic E-state index is 8.34. The van der Waals surface area contributed by atoms with Crippen LogP contribution in [0.1, 0.15) is 37.5 Å². The first kappa shape index (κ1) is 16.6. The van der Waals surface area contributed by atoms with Gasteiger partial charge in [0.25, 0.3) is 0 Å². The molecule has 1 aromatic heterocycles. The number of hydrogen-bond acceptors (Lipinski definition) is 3. The van der Waals surface area contributed by atoms with Crippen molar-refractivity contribution in [2.24, 2.45) is 5.11 Å². The van der Waals surface area contributed by atoms with Gasteiger partial charge in [0.05, 0.1) is 11.7 Å². The zero-order chi connectivity index (χ0) is 16.2. The van der Waals surface area contributed by atoms with E-state index in [1.807, 2.05) is 16.9 Å². The Kier molecular flexibility index (Phi) is 5.43. The second-order valence-electron chi connectivity index (χ2n) is 5.55. The molecule has 23 heavy (non-hydrogen) atoms. The van der Waals surface area contributed by atoms with Gasteiger partial charge in [-0.2, -0.15) is 5.10 Å². The summed E-state index contributed by atoms with van der Waals surface area (Å²) in [5.74, 6) is 0. The maximum atomic E-state index is 8.34. The fraction of sp³-hybridized carbons (Fsp3) is 0.533. The van der Waals surface area contributed by atoms with Crippen molar-refractivity contribution >= 4 is 38.4 Å². The van der Waals surface area contributed by atoms with E-state index in [2.05, 4.69) is 31.1 Å². The molecule has 1 unspecified atom stereocenters. The van der Waals surface area contributed by atoms with E-state index in [0.29, 0.717) is 11.6 Å². The molecule has 0 radical (unpaired) electrons. The highest BCUT2D eigenvalue weighted by Gasteiger charge is 2.21. The largest absolute Gasteiger partial charge is 0.356 e. The van der Waals surface area contributed by atoms with Crippen molar-refractivity contribution < 1.29 is 4.74 Å². The molecule has 0 bridgehead atoms. The summed E-state index contributed by atoms with van der Waals surface area (Å²) in [4.78, 5) is 2.77. The van der Waals surface area contributed by atoms with Crippen molar-refractivity contribution in [1.82, 2.24) is 9.78 Å². The summed E-state index contributed by atoms with van der Waals surface area (Å²) in [7, 11) is 0. The minimum absolute atomic E-state index is 0.0139. The molecule has 0 amide bonds. The second-order valence-corrected chi connectivity index (χ2v) is 6.75. The predicted molar refractivity (Wildman–Crippen MR) is 93.6 cm³/mol. The van der Waals surface area contributed by atoms with Crippen LogP contribution in [0.2, 0.25) is 5.02 Å². The lowest BCUT2D eigenvalue weighted by Gasteiger charge is -2.23. The summed E-state index contributed by atoms with van der Waals surface area (Å²) in [5.41, 5.74) is 10.3. The number of hydrogen-bond donors (Lipinski definition) is 0. The van der Waals surface area contributed by atoms with Crippen LogP contribution in [0.5, 0.6) is 0 Å². The van der Waals surface area contributed by atoms with Gasteiger partial charge in [-0.05, 0) is 65.2 Å². The Bertz CT molecular complexity index is 750. The van der Waals surface area contributed by atoms with Gasteiger partial charge in [0.1, 0.15) is 0 Å². The molecule has 1 aliphatic heterocycles. The topological polar surface area (TPSA) is 75.8 Å². The van der Waals surface area contributed by atoms with E-state index in [-0.39, 0.29) is 6.23 Å². The smallest absolute Gasteiger partial charge is 0.150 e. The lowest BCUT2D eigenvalue weighted by molar-refractivity contribution is -0.0366. The molecule has 1 fully saturated rings. The van der Waals surface area contributed by atoms with E-state index in [9.17, 15) is 0 Å². The second kappa shape index (κ2) is 7.53. The summed E-state index contributed by atoms with van der Waals surface area (Å²) >= 11 is 10.1. The molecule has 6 nitrogen and oxygen atoms in total. The molecule has 0 spiro atoms. The van der Waals surface area contributed by atoms with Crippen LogP contribution in [0.15, 0.2) is 21.9 Å². The Balaban J connectivity index is 1.91. The van der Waals surface area contributed by atoms with Crippen LogP contribution in [0, 0.1) is 0 Å². The summed E-state index contributed by atoms with van der Waals surface area (Å²) in [5, 5.41) is 9.80. The molecular formula is C15H17BrClN5O. The van der Waals surface area contributed by atoms with Gasteiger partial charge < -0.3 is 4.74 Å². The first-order chi connectivity index (χ1) is 11.2. The number of halogens is 2. The minimum atomic E-state index is -0.0139. The molecule has 2 aromatic rings. The van der Waals surface area contributed by atoms with Gasteiger partial charge in [0, 0.05) is 32.9 Å². The van der Waals surface area contributed by atoms with Gasteiger partial charge in [-0.25, -0.2) is 4.68 Å². The van der Waals surface area contributed by atoms with Crippen molar-refractivity contribution in [2.45, 2.75) is 38.3 Å². The average molecular weight is 399 g/mol. The predicted octanol–water partition coefficient (Wildman–Crippen LogP) is 5.39. The zero-order valence-electron chi connectivity index (χ0n) is 12.6. The Hall–Kier alpha value is -1.27. The van der Waals surface area contributed by atoms with Gasteiger partial charge in [0.15, 0.2) is 6.23 Å². The number of azide groups is 1. The van der Waals surface area contributed by atoms with Crippen molar-refractivity contribution in [2.75, 3.05) is 13.2 Å². The van der Waals surface area contributed by atoms with Crippen LogP contribution in [0.4, 0.5) is 0 Å². The monoisotopic (exact) mass is 397 g/mol. The Morgan fingerprint density at radius 2 is 2.39 bits per heavy atom. The van der Waals surface area contributed by atoms with E-state index in [1.54, 1.807) is 0 Å². The van der Waals surface area contributed by atoms with Crippen LogP contribution in [-0.4, -0.2) is 22.9 Å². The quantitative estimate of drug-likeness (QED) is 0.293. The number of fused-ring (bicyclic) bond motifs is 1.